The van der Waals surface area contributed by atoms with Crippen molar-refractivity contribution in [2.45, 2.75) is 6.92 Å². The molecular formula is C14H11ClN3O2-. The number of carbonyl (C=O) groups excluding carboxylic acids is 1. The Morgan fingerprint density at radius 3 is 2.80 bits per heavy atom. The second kappa shape index (κ2) is 6.16. The van der Waals surface area contributed by atoms with Crippen LogP contribution >= 0.6 is 11.6 Å². The topological polar surface area (TPSA) is 77.4 Å². The van der Waals surface area contributed by atoms with Crippen LogP contribution in [0.5, 0.6) is 0 Å². The fourth-order valence-corrected chi connectivity index (χ4v) is 1.68. The molecule has 2 aromatic rings. The molecule has 1 N–H and O–H groups in total. The van der Waals surface area contributed by atoms with Gasteiger partial charge >= 0.3 is 0 Å². The van der Waals surface area contributed by atoms with Crippen LogP contribution in [0.1, 0.15) is 22.8 Å². The van der Waals surface area contributed by atoms with E-state index in [4.69, 9.17) is 11.6 Å². The molecule has 102 valence electrons. The maximum Gasteiger partial charge on any atom is 0.0754 e. The lowest BCUT2D eigenvalue weighted by molar-refractivity contribution is -0.255. The molecule has 0 spiro atoms. The lowest BCUT2D eigenvalue weighted by Gasteiger charge is -2.08. The Kier molecular flexibility index (Phi) is 4.32. The van der Waals surface area contributed by atoms with Gasteiger partial charge in [-0.3, -0.25) is 10.4 Å². The van der Waals surface area contributed by atoms with Crippen LogP contribution < -0.4 is 10.5 Å². The number of aromatic carboxylic acids is 1. The maximum atomic E-state index is 10.8. The first-order valence-corrected chi connectivity index (χ1v) is 6.17. The predicted octanol–water partition coefficient (Wildman–Crippen LogP) is 1.93. The number of hydrazone groups is 1. The second-order valence-electron chi connectivity index (χ2n) is 4.03. The van der Waals surface area contributed by atoms with Crippen molar-refractivity contribution in [3.05, 3.63) is 58.9 Å². The van der Waals surface area contributed by atoms with E-state index in [1.807, 2.05) is 6.07 Å². The van der Waals surface area contributed by atoms with E-state index in [-0.39, 0.29) is 5.56 Å². The number of carboxylic acid groups (broad SMARTS) is 1. The normalized spacial score (nSPS) is 11.2. The van der Waals surface area contributed by atoms with Gasteiger partial charge in [0.15, 0.2) is 0 Å². The first-order chi connectivity index (χ1) is 9.58. The molecule has 1 aromatic carbocycles. The van der Waals surface area contributed by atoms with Gasteiger partial charge in [-0.2, -0.15) is 5.10 Å². The van der Waals surface area contributed by atoms with E-state index >= 15 is 0 Å². The third kappa shape index (κ3) is 3.33. The summed E-state index contributed by atoms with van der Waals surface area (Å²) in [5.74, 6) is -1.27. The monoisotopic (exact) mass is 288 g/mol. The standard InChI is InChI=1S/C14H12ClN3O2/c1-9(11-3-2-6-16-8-11)17-18-13-7-10(14(19)20)4-5-12(13)15/h2-8,18H,1H3,(H,19,20)/p-1/b17-9-. The smallest absolute Gasteiger partial charge is 0.0754 e. The summed E-state index contributed by atoms with van der Waals surface area (Å²) >= 11 is 5.97. The highest BCUT2D eigenvalue weighted by molar-refractivity contribution is 6.33. The molecule has 0 aliphatic carbocycles. The van der Waals surface area contributed by atoms with Crippen LogP contribution in [-0.2, 0) is 0 Å². The average Bonchev–Trinajstić information content (AvgIpc) is 2.46. The summed E-state index contributed by atoms with van der Waals surface area (Å²) in [6.07, 6.45) is 3.35. The molecule has 2 rings (SSSR count). The molecule has 0 fully saturated rings. The van der Waals surface area contributed by atoms with Crippen molar-refractivity contribution >= 4 is 29.0 Å². The largest absolute Gasteiger partial charge is 0.545 e. The zero-order chi connectivity index (χ0) is 14.5. The molecule has 0 aliphatic heterocycles. The van der Waals surface area contributed by atoms with Gasteiger partial charge in [-0.05, 0) is 30.7 Å². The molecule has 0 saturated heterocycles. The first kappa shape index (κ1) is 14.0. The number of nitrogens with zero attached hydrogens (tertiary/aromatic N) is 2. The van der Waals surface area contributed by atoms with Crippen molar-refractivity contribution in [2.75, 3.05) is 5.43 Å². The molecule has 20 heavy (non-hydrogen) atoms. The van der Waals surface area contributed by atoms with Crippen molar-refractivity contribution < 1.29 is 9.90 Å². The SMILES string of the molecule is C/C(=N/Nc1cc(C(=O)[O-])ccc1Cl)c1cccnc1. The zero-order valence-electron chi connectivity index (χ0n) is 10.6. The van der Waals surface area contributed by atoms with Crippen molar-refractivity contribution in [3.8, 4) is 0 Å². The van der Waals surface area contributed by atoms with Gasteiger partial charge in [0.25, 0.3) is 0 Å². The Morgan fingerprint density at radius 1 is 1.35 bits per heavy atom. The van der Waals surface area contributed by atoms with E-state index < -0.39 is 5.97 Å². The summed E-state index contributed by atoms with van der Waals surface area (Å²) < 4.78 is 0. The van der Waals surface area contributed by atoms with Gasteiger partial charge in [-0.1, -0.05) is 23.7 Å². The Labute approximate surface area is 120 Å². The molecule has 0 saturated carbocycles. The number of pyridine rings is 1. The van der Waals surface area contributed by atoms with Crippen LogP contribution in [0.3, 0.4) is 0 Å². The minimum atomic E-state index is -1.27. The average molecular weight is 289 g/mol. The Balaban J connectivity index is 2.22. The number of aromatic nitrogens is 1. The number of anilines is 1. The summed E-state index contributed by atoms with van der Waals surface area (Å²) in [6, 6.07) is 7.90. The molecule has 0 amide bonds. The highest BCUT2D eigenvalue weighted by Crippen LogP contribution is 2.23. The predicted molar refractivity (Wildman–Crippen MR) is 75.9 cm³/mol. The fourth-order valence-electron chi connectivity index (χ4n) is 1.52. The quantitative estimate of drug-likeness (QED) is 0.689. The Morgan fingerprint density at radius 2 is 2.15 bits per heavy atom. The molecule has 6 heteroatoms. The lowest BCUT2D eigenvalue weighted by Crippen LogP contribution is -2.22. The number of benzene rings is 1. The van der Waals surface area contributed by atoms with E-state index in [0.717, 1.165) is 5.56 Å². The third-order valence-corrected chi connectivity index (χ3v) is 2.96. The molecule has 5 nitrogen and oxygen atoms in total. The highest BCUT2D eigenvalue weighted by Gasteiger charge is 2.03. The van der Waals surface area contributed by atoms with Gasteiger partial charge in [0, 0.05) is 18.0 Å². The maximum absolute atomic E-state index is 10.8. The second-order valence-corrected chi connectivity index (χ2v) is 4.44. The Bertz CT molecular complexity index is 657. The summed E-state index contributed by atoms with van der Waals surface area (Å²) in [5.41, 5.74) is 4.73. The number of carboxylic acids is 1. The van der Waals surface area contributed by atoms with Gasteiger partial charge in [-0.15, -0.1) is 0 Å². The number of nitrogens with one attached hydrogen (secondary N) is 1. The first-order valence-electron chi connectivity index (χ1n) is 5.79. The molecule has 0 unspecified atom stereocenters. The minimum absolute atomic E-state index is 0.0335. The lowest BCUT2D eigenvalue weighted by atomic mass is 10.2. The summed E-state index contributed by atoms with van der Waals surface area (Å²) in [7, 11) is 0. The van der Waals surface area contributed by atoms with E-state index in [0.29, 0.717) is 16.4 Å². The molecule has 0 radical (unpaired) electrons. The minimum Gasteiger partial charge on any atom is -0.545 e. The summed E-state index contributed by atoms with van der Waals surface area (Å²) in [4.78, 5) is 14.8. The molecule has 0 atom stereocenters. The molecule has 0 bridgehead atoms. The van der Waals surface area contributed by atoms with Crippen molar-refractivity contribution in [3.63, 3.8) is 0 Å². The van der Waals surface area contributed by atoms with E-state index in [9.17, 15) is 9.90 Å². The van der Waals surface area contributed by atoms with Crippen LogP contribution in [0, 0.1) is 0 Å². The number of halogens is 1. The van der Waals surface area contributed by atoms with Gasteiger partial charge in [0.05, 0.1) is 22.4 Å². The number of carbonyl (C=O) groups is 1. The van der Waals surface area contributed by atoms with E-state index in [2.05, 4.69) is 15.5 Å². The fraction of sp³-hybridized carbons (Fsp3) is 0.0714. The molecule has 1 heterocycles. The summed E-state index contributed by atoms with van der Waals surface area (Å²) in [5, 5.41) is 15.3. The zero-order valence-corrected chi connectivity index (χ0v) is 11.4. The van der Waals surface area contributed by atoms with Gasteiger partial charge < -0.3 is 9.90 Å². The van der Waals surface area contributed by atoms with Crippen LogP contribution in [0.4, 0.5) is 5.69 Å². The van der Waals surface area contributed by atoms with Crippen molar-refractivity contribution in [1.29, 1.82) is 0 Å². The highest BCUT2D eigenvalue weighted by atomic mass is 35.5. The van der Waals surface area contributed by atoms with Crippen molar-refractivity contribution in [2.24, 2.45) is 5.10 Å². The van der Waals surface area contributed by atoms with E-state index in [1.54, 1.807) is 25.4 Å². The Hall–Kier alpha value is -2.40. The summed E-state index contributed by atoms with van der Waals surface area (Å²) in [6.45, 7) is 1.81. The van der Waals surface area contributed by atoms with Crippen LogP contribution in [0.15, 0.2) is 47.8 Å². The number of hydrogen-bond acceptors (Lipinski definition) is 5. The molecule has 0 aliphatic rings. The van der Waals surface area contributed by atoms with Crippen molar-refractivity contribution in [1.82, 2.24) is 4.98 Å². The van der Waals surface area contributed by atoms with E-state index in [1.165, 1.54) is 18.2 Å². The van der Waals surface area contributed by atoms with Crippen LogP contribution in [-0.4, -0.2) is 16.7 Å². The number of hydrogen-bond donors (Lipinski definition) is 1. The molecule has 1 aromatic heterocycles. The third-order valence-electron chi connectivity index (χ3n) is 2.63. The molecular weight excluding hydrogens is 278 g/mol. The van der Waals surface area contributed by atoms with Gasteiger partial charge in [-0.25, -0.2) is 0 Å². The van der Waals surface area contributed by atoms with Crippen LogP contribution in [0.2, 0.25) is 5.02 Å². The number of rotatable bonds is 4. The van der Waals surface area contributed by atoms with Gasteiger partial charge in [0.1, 0.15) is 0 Å². The van der Waals surface area contributed by atoms with Gasteiger partial charge in [0.2, 0.25) is 0 Å². The van der Waals surface area contributed by atoms with Crippen LogP contribution in [0.25, 0.3) is 0 Å².